The van der Waals surface area contributed by atoms with E-state index in [1.54, 1.807) is 65.6 Å². The molecule has 4 atom stereocenters. The molecule has 2 aliphatic rings. The summed E-state index contributed by atoms with van der Waals surface area (Å²) in [7, 11) is -3.63. The van der Waals surface area contributed by atoms with Crippen LogP contribution in [0.25, 0.3) is 0 Å². The van der Waals surface area contributed by atoms with Gasteiger partial charge in [0.15, 0.2) is 0 Å². The Hall–Kier alpha value is -1.64. The molecule has 0 bridgehead atoms. The van der Waals surface area contributed by atoms with Gasteiger partial charge in [-0.25, -0.2) is 13.1 Å². The number of carboxylic acids is 1. The minimum atomic E-state index is -3.63. The van der Waals surface area contributed by atoms with Crippen molar-refractivity contribution in [2.75, 3.05) is 6.26 Å². The second-order valence-corrected chi connectivity index (χ2v) is 15.2. The number of rotatable bonds is 10. The summed E-state index contributed by atoms with van der Waals surface area (Å²) in [6.45, 7) is 2.94. The zero-order valence-corrected chi connectivity index (χ0v) is 34.4. The molecular weight excluding hydrogens is 711 g/mol. The van der Waals surface area contributed by atoms with Gasteiger partial charge in [0.25, 0.3) is 5.91 Å². The second-order valence-electron chi connectivity index (χ2n) is 12.6. The fourth-order valence-corrected chi connectivity index (χ4v) is 7.85. The molecule has 3 aromatic carbocycles. The first kappa shape index (κ1) is 41.8. The number of hydrogen-bond donors (Lipinski definition) is 1. The number of halogens is 2. The summed E-state index contributed by atoms with van der Waals surface area (Å²) in [5.41, 5.74) is 1.02. The number of fused-ring (bicyclic) bond motifs is 1. The zero-order valence-electron chi connectivity index (χ0n) is 28.1. The van der Waals surface area contributed by atoms with Crippen LogP contribution < -0.4 is 74.0 Å². The number of benzene rings is 3. The molecule has 0 saturated heterocycles. The van der Waals surface area contributed by atoms with Gasteiger partial charge in [-0.05, 0) is 53.3 Å². The number of hydrogen-bond acceptors (Lipinski definition) is 8. The molecule has 0 unspecified atom stereocenters. The molecule has 1 aliphatic carbocycles. The van der Waals surface area contributed by atoms with Crippen molar-refractivity contribution < 1.29 is 92.2 Å². The van der Waals surface area contributed by atoms with E-state index in [-0.39, 0.29) is 76.7 Å². The molecule has 1 saturated carbocycles. The minimum Gasteiger partial charge on any atom is -0.859 e. The Kier molecular flexibility index (Phi) is 14.7. The molecule has 49 heavy (non-hydrogen) atoms. The van der Waals surface area contributed by atoms with E-state index >= 15 is 0 Å². The molecule has 1 heterocycles. The van der Waals surface area contributed by atoms with Crippen LogP contribution >= 0.6 is 23.2 Å². The Morgan fingerprint density at radius 3 is 2.37 bits per heavy atom. The normalized spacial score (nSPS) is 21.2. The van der Waals surface area contributed by atoms with Gasteiger partial charge in [-0.3, -0.25) is 4.79 Å². The van der Waals surface area contributed by atoms with E-state index in [9.17, 15) is 28.2 Å². The maximum atomic E-state index is 14.4. The van der Waals surface area contributed by atoms with Gasteiger partial charge >= 0.3 is 59.1 Å². The summed E-state index contributed by atoms with van der Waals surface area (Å²) in [4.78, 5) is 33.2. The molecule has 0 spiro atoms. The van der Waals surface area contributed by atoms with Gasteiger partial charge in [0.05, 0.1) is 18.3 Å². The van der Waals surface area contributed by atoms with E-state index in [2.05, 4.69) is 9.88 Å². The maximum absolute atomic E-state index is 14.4. The number of oxime groups is 1. The number of carbonyl (C=O) groups is 2. The first-order valence-corrected chi connectivity index (χ1v) is 17.9. The van der Waals surface area contributed by atoms with E-state index in [0.29, 0.717) is 45.7 Å². The predicted octanol–water partition coefficient (Wildman–Crippen LogP) is -1.94. The van der Waals surface area contributed by atoms with Crippen LogP contribution in [0.4, 0.5) is 0 Å². The molecule has 0 aromatic heterocycles. The third-order valence-corrected chi connectivity index (χ3v) is 10.2. The van der Waals surface area contributed by atoms with Crippen molar-refractivity contribution in [1.29, 1.82) is 0 Å². The van der Waals surface area contributed by atoms with Crippen LogP contribution in [0.2, 0.25) is 10.0 Å². The fourth-order valence-electron chi connectivity index (χ4n) is 6.51. The number of sulfonamides is 1. The van der Waals surface area contributed by atoms with E-state index in [0.717, 1.165) is 19.1 Å². The number of aliphatic carboxylic acids is 1. The first-order chi connectivity index (χ1) is 22.2. The molecule has 1 amide bonds. The van der Waals surface area contributed by atoms with Crippen LogP contribution in [0.1, 0.15) is 84.1 Å². The van der Waals surface area contributed by atoms with Crippen molar-refractivity contribution in [3.05, 3.63) is 105 Å². The maximum Gasteiger partial charge on any atom is 1.00 e. The smallest absolute Gasteiger partial charge is 0.859 e. The average molecular weight is 747 g/mol. The summed E-state index contributed by atoms with van der Waals surface area (Å²) < 4.78 is 27.5. The van der Waals surface area contributed by atoms with Gasteiger partial charge in [0.1, 0.15) is 6.61 Å². The SMILES string of the molecule is CC(C)(C(=O)[O-])c1cccc(CON=C([O-])[C@@H]2c3ccccc3C(=O)N([C@H]3CCCC[C@@H]3NS(C)(=O)=O)[C@H]2c2ccc(Cl)cc2Cl)c1.[Na+].[Na+]. The van der Waals surface area contributed by atoms with Crippen molar-refractivity contribution in [2.24, 2.45) is 5.16 Å². The van der Waals surface area contributed by atoms with Crippen molar-refractivity contribution in [3.8, 4) is 0 Å². The van der Waals surface area contributed by atoms with Crippen molar-refractivity contribution in [1.82, 2.24) is 9.62 Å². The van der Waals surface area contributed by atoms with Gasteiger partial charge in [-0.2, -0.15) is 0 Å². The van der Waals surface area contributed by atoms with Crippen molar-refractivity contribution >= 4 is 51.0 Å². The number of carboxylic acid groups (broad SMARTS) is 1. The molecule has 1 fully saturated rings. The summed E-state index contributed by atoms with van der Waals surface area (Å²) >= 11 is 13.0. The number of nitrogens with zero attached hydrogens (tertiary/aromatic N) is 2. The van der Waals surface area contributed by atoms with Gasteiger partial charge < -0.3 is 24.7 Å². The van der Waals surface area contributed by atoms with Crippen LogP contribution in [-0.4, -0.2) is 49.4 Å². The number of carbonyl (C=O) groups excluding carboxylic acids is 2. The second kappa shape index (κ2) is 17.3. The standard InChI is InChI=1S/C34H37Cl2N3O7S.2Na/c1-34(2,33(42)43)21-10-8-9-20(17-21)19-46-37-31(40)29-23-11-4-5-12-24(23)32(41)39(30(29)25-16-15-22(35)18-26(25)36)28-14-7-6-13-27(28)38-47(3,44)45;;/h4-5,8-12,15-18,27-30,38H,6-7,13-14,19H2,1-3H3,(H,37,40)(H,42,43);;/q;2*+1/p-2/t27-,28-,29+,30-;;/m0../s1. The molecule has 10 nitrogen and oxygen atoms in total. The van der Waals surface area contributed by atoms with Crippen LogP contribution in [-0.2, 0) is 31.7 Å². The number of amides is 1. The molecule has 1 aliphatic heterocycles. The molecule has 250 valence electrons. The third-order valence-electron chi connectivity index (χ3n) is 8.92. The van der Waals surface area contributed by atoms with Crippen LogP contribution in [0.3, 0.4) is 0 Å². The average Bonchev–Trinajstić information content (AvgIpc) is 3.01. The molecule has 3 aromatic rings. The Morgan fingerprint density at radius 2 is 1.69 bits per heavy atom. The predicted molar refractivity (Wildman–Crippen MR) is 175 cm³/mol. The summed E-state index contributed by atoms with van der Waals surface area (Å²) in [5, 5.41) is 30.4. The first-order valence-electron chi connectivity index (χ1n) is 15.2. The summed E-state index contributed by atoms with van der Waals surface area (Å²) in [6, 6.07) is 16.1. The Bertz CT molecular complexity index is 1830. The van der Waals surface area contributed by atoms with Gasteiger partial charge in [0, 0.05) is 44.9 Å². The van der Waals surface area contributed by atoms with E-state index in [1.807, 2.05) is 0 Å². The molecular formula is C34H35Cl2N3Na2O7S. The Balaban J connectivity index is 0.00000325. The number of nitrogens with one attached hydrogen (secondary N) is 1. The van der Waals surface area contributed by atoms with Crippen LogP contribution in [0, 0.1) is 0 Å². The van der Waals surface area contributed by atoms with E-state index < -0.39 is 51.3 Å². The summed E-state index contributed by atoms with van der Waals surface area (Å²) in [6.07, 6.45) is 3.60. The molecule has 5 rings (SSSR count). The molecule has 15 heteroatoms. The Morgan fingerprint density at radius 1 is 1.00 bits per heavy atom. The van der Waals surface area contributed by atoms with Crippen LogP contribution in [0.5, 0.6) is 0 Å². The topological polar surface area (TPSA) is 151 Å². The van der Waals surface area contributed by atoms with Gasteiger partial charge in [0.2, 0.25) is 10.0 Å². The van der Waals surface area contributed by atoms with E-state index in [4.69, 9.17) is 28.0 Å². The van der Waals surface area contributed by atoms with Crippen LogP contribution in [0.15, 0.2) is 71.9 Å². The minimum absolute atomic E-state index is 0. The molecule has 1 N–H and O–H groups in total. The van der Waals surface area contributed by atoms with Gasteiger partial charge in [-0.1, -0.05) is 98.4 Å². The fraction of sp³-hybridized carbons (Fsp3) is 0.382. The van der Waals surface area contributed by atoms with E-state index in [1.165, 1.54) is 19.9 Å². The summed E-state index contributed by atoms with van der Waals surface area (Å²) in [5.74, 6) is -3.34. The third kappa shape index (κ3) is 9.43. The monoisotopic (exact) mass is 745 g/mol. The Labute approximate surface area is 341 Å². The van der Waals surface area contributed by atoms with Crippen molar-refractivity contribution in [3.63, 3.8) is 0 Å². The quantitative estimate of drug-likeness (QED) is 0.110. The zero-order chi connectivity index (χ0) is 34.1. The molecule has 0 radical (unpaired) electrons. The van der Waals surface area contributed by atoms with Gasteiger partial charge in [-0.15, -0.1) is 5.16 Å². The largest absolute Gasteiger partial charge is 1.00 e. The van der Waals surface area contributed by atoms with Crippen molar-refractivity contribution in [2.45, 2.75) is 75.6 Å².